The molecule has 50 heavy (non-hydrogen) atoms. The fourth-order valence-corrected chi connectivity index (χ4v) is 6.41. The van der Waals surface area contributed by atoms with Gasteiger partial charge in [-0.1, -0.05) is 51.0 Å². The Bertz CT molecular complexity index is 1510. The van der Waals surface area contributed by atoms with Crippen LogP contribution in [0.25, 0.3) is 0 Å². The van der Waals surface area contributed by atoms with Crippen LogP contribution in [0.5, 0.6) is 11.5 Å². The topological polar surface area (TPSA) is 143 Å². The van der Waals surface area contributed by atoms with Crippen molar-refractivity contribution >= 4 is 23.6 Å². The van der Waals surface area contributed by atoms with Crippen LogP contribution in [0.2, 0.25) is 0 Å². The van der Waals surface area contributed by atoms with Gasteiger partial charge in [0, 0.05) is 45.7 Å². The van der Waals surface area contributed by atoms with Crippen molar-refractivity contribution in [1.29, 1.82) is 0 Å². The summed E-state index contributed by atoms with van der Waals surface area (Å²) < 4.78 is 16.4. The molecule has 0 bridgehead atoms. The number of ether oxygens (including phenoxy) is 2. The number of likely N-dealkylation sites (N-methyl/N-ethyl adjacent to an activating group) is 1. The molecule has 2 fully saturated rings. The number of rotatable bonds is 10. The first kappa shape index (κ1) is 39.8. The third kappa shape index (κ3) is 10.7. The Morgan fingerprint density at radius 1 is 1.04 bits per heavy atom. The maximum Gasteiger partial charge on any atom is 0.275 e. The molecule has 4 amide bonds. The Morgan fingerprint density at radius 2 is 1.76 bits per heavy atom. The van der Waals surface area contributed by atoms with Crippen molar-refractivity contribution in [1.82, 2.24) is 25.4 Å². The molecule has 2 N–H and O–H groups in total. The summed E-state index contributed by atoms with van der Waals surface area (Å²) in [7, 11) is 3.01. The van der Waals surface area contributed by atoms with E-state index >= 15 is 0 Å². The standard InChI is InChI=1S/C27H35N5O7.C9H14.C2H6/c1-15(2)39-22-7-6-17(8-23(22)37-5)26(35)31-10-18-11-32(27(36)21-14-38-16(3)30-21)13-20(19(18)12-31)25(34)29-9-24(33)28-4;1-2-6-9-7-4-3-5-8-9;1-2/h6-8,14-15,18-20H,9-13H2,1-5H3,(H,28,33)(H,29,34);3-4,7H,2,5-6,8H2,1H3;1-2H3. The molecule has 1 aromatic carbocycles. The molecule has 3 aliphatic rings. The number of fused-ring (bicyclic) bond motifs is 1. The first-order valence-electron chi connectivity index (χ1n) is 17.7. The number of nitrogens with zero attached hydrogens (tertiary/aromatic N) is 3. The fraction of sp³-hybridized carbons (Fsp3) is 0.553. The van der Waals surface area contributed by atoms with Crippen molar-refractivity contribution < 1.29 is 33.1 Å². The highest BCUT2D eigenvalue weighted by Crippen LogP contribution is 2.37. The highest BCUT2D eigenvalue weighted by Gasteiger charge is 2.48. The number of carbonyl (C=O) groups is 4. The van der Waals surface area contributed by atoms with Gasteiger partial charge in [0.25, 0.3) is 11.8 Å². The van der Waals surface area contributed by atoms with Gasteiger partial charge < -0.3 is 34.3 Å². The lowest BCUT2D eigenvalue weighted by atomic mass is 9.79. The smallest absolute Gasteiger partial charge is 0.275 e. The molecule has 12 heteroatoms. The summed E-state index contributed by atoms with van der Waals surface area (Å²) >= 11 is 0. The predicted octanol–water partition coefficient (Wildman–Crippen LogP) is 5.19. The van der Waals surface area contributed by atoms with Crippen LogP contribution in [0.4, 0.5) is 0 Å². The Kier molecular flexibility index (Phi) is 15.6. The summed E-state index contributed by atoms with van der Waals surface area (Å²) in [5.41, 5.74) is 2.23. The number of oxazole rings is 1. The number of methoxy groups -OCH3 is 1. The van der Waals surface area contributed by atoms with Gasteiger partial charge in [0.15, 0.2) is 23.1 Å². The van der Waals surface area contributed by atoms with Crippen molar-refractivity contribution in [2.75, 3.05) is 46.9 Å². The van der Waals surface area contributed by atoms with Crippen LogP contribution in [0.3, 0.4) is 0 Å². The van der Waals surface area contributed by atoms with E-state index in [1.807, 2.05) is 27.7 Å². The summed E-state index contributed by atoms with van der Waals surface area (Å²) in [4.78, 5) is 59.1. The van der Waals surface area contributed by atoms with Gasteiger partial charge in [0.1, 0.15) is 6.26 Å². The third-order valence-corrected chi connectivity index (χ3v) is 8.78. The van der Waals surface area contributed by atoms with Gasteiger partial charge >= 0.3 is 0 Å². The van der Waals surface area contributed by atoms with E-state index in [4.69, 9.17) is 13.9 Å². The predicted molar refractivity (Wildman–Crippen MR) is 192 cm³/mol. The molecule has 2 saturated heterocycles. The van der Waals surface area contributed by atoms with E-state index in [9.17, 15) is 19.2 Å². The van der Waals surface area contributed by atoms with Crippen LogP contribution in [-0.2, 0) is 9.59 Å². The molecule has 0 radical (unpaired) electrons. The molecule has 2 aromatic rings. The molecule has 3 atom stereocenters. The quantitative estimate of drug-likeness (QED) is 0.346. The zero-order chi connectivity index (χ0) is 36.8. The van der Waals surface area contributed by atoms with Crippen LogP contribution >= 0.6 is 0 Å². The number of aromatic nitrogens is 1. The molecule has 2 aliphatic heterocycles. The van der Waals surface area contributed by atoms with Crippen LogP contribution in [-0.4, -0.2) is 91.4 Å². The first-order chi connectivity index (χ1) is 24.0. The minimum absolute atomic E-state index is 0.0551. The average molecular weight is 694 g/mol. The lowest BCUT2D eigenvalue weighted by Crippen LogP contribution is -2.53. The lowest BCUT2D eigenvalue weighted by molar-refractivity contribution is -0.131. The number of aryl methyl sites for hydroxylation is 1. The van der Waals surface area contributed by atoms with Crippen LogP contribution in [0.15, 0.2) is 52.7 Å². The summed E-state index contributed by atoms with van der Waals surface area (Å²) in [6.45, 7) is 12.7. The number of carbonyl (C=O) groups excluding carboxylic acids is 4. The van der Waals surface area contributed by atoms with E-state index in [-0.39, 0.29) is 60.4 Å². The Hall–Kier alpha value is -4.61. The molecule has 12 nitrogen and oxygen atoms in total. The second kappa shape index (κ2) is 19.5. The van der Waals surface area contributed by atoms with Crippen LogP contribution in [0, 0.1) is 24.7 Å². The molecular formula is C38H55N5O7. The third-order valence-electron chi connectivity index (χ3n) is 8.78. The summed E-state index contributed by atoms with van der Waals surface area (Å²) in [5.74, 6) is -0.782. The van der Waals surface area contributed by atoms with Crippen molar-refractivity contribution in [3.05, 3.63) is 65.4 Å². The SMILES string of the molecule is CC.CCCC1=CC=CCC1.CNC(=O)CNC(=O)C1CN(C(=O)c2coc(C)n2)CC2CN(C(=O)c3ccc(OC(C)C)c(OC)c3)CC21. The first-order valence-corrected chi connectivity index (χ1v) is 17.7. The second-order valence-electron chi connectivity index (χ2n) is 12.7. The van der Waals surface area contributed by atoms with E-state index < -0.39 is 5.92 Å². The average Bonchev–Trinajstić information content (AvgIpc) is 3.77. The minimum atomic E-state index is -0.612. The van der Waals surface area contributed by atoms with Gasteiger partial charge in [-0.25, -0.2) is 4.98 Å². The largest absolute Gasteiger partial charge is 0.493 e. The molecule has 1 aliphatic carbocycles. The number of hydrogen-bond acceptors (Lipinski definition) is 8. The molecular weight excluding hydrogens is 638 g/mol. The zero-order valence-corrected chi connectivity index (χ0v) is 30.9. The highest BCUT2D eigenvalue weighted by molar-refractivity contribution is 5.96. The number of allylic oxidation sites excluding steroid dienone is 4. The van der Waals surface area contributed by atoms with Gasteiger partial charge in [0.2, 0.25) is 11.8 Å². The molecule has 274 valence electrons. The monoisotopic (exact) mass is 693 g/mol. The fourth-order valence-electron chi connectivity index (χ4n) is 6.41. The van der Waals surface area contributed by atoms with Crippen molar-refractivity contribution in [3.63, 3.8) is 0 Å². The number of piperidine rings is 1. The number of benzene rings is 1. The Labute approximate surface area is 296 Å². The maximum atomic E-state index is 13.5. The number of nitrogens with one attached hydrogen (secondary N) is 2. The van der Waals surface area contributed by atoms with Gasteiger partial charge in [0.05, 0.1) is 25.7 Å². The van der Waals surface area contributed by atoms with Crippen molar-refractivity contribution in [2.24, 2.45) is 17.8 Å². The normalized spacial score (nSPS) is 19.2. The van der Waals surface area contributed by atoms with Gasteiger partial charge in [-0.3, -0.25) is 19.2 Å². The second-order valence-corrected chi connectivity index (χ2v) is 12.7. The summed E-state index contributed by atoms with van der Waals surface area (Å²) in [6.07, 6.45) is 13.1. The Balaban J connectivity index is 0.000000528. The van der Waals surface area contributed by atoms with E-state index in [0.717, 1.165) is 0 Å². The molecule has 3 heterocycles. The van der Waals surface area contributed by atoms with E-state index in [1.165, 1.54) is 46.1 Å². The van der Waals surface area contributed by atoms with Gasteiger partial charge in [-0.15, -0.1) is 0 Å². The minimum Gasteiger partial charge on any atom is -0.493 e. The molecule has 0 saturated carbocycles. The van der Waals surface area contributed by atoms with Crippen molar-refractivity contribution in [3.8, 4) is 11.5 Å². The van der Waals surface area contributed by atoms with Crippen LogP contribution < -0.4 is 20.1 Å². The van der Waals surface area contributed by atoms with Gasteiger partial charge in [-0.2, -0.15) is 0 Å². The van der Waals surface area contributed by atoms with E-state index in [1.54, 1.807) is 40.5 Å². The molecule has 3 unspecified atom stereocenters. The van der Waals surface area contributed by atoms with Gasteiger partial charge in [-0.05, 0) is 63.1 Å². The summed E-state index contributed by atoms with van der Waals surface area (Å²) in [6, 6.07) is 5.06. The van der Waals surface area contributed by atoms with E-state index in [0.29, 0.717) is 42.6 Å². The molecule has 5 rings (SSSR count). The number of amides is 4. The van der Waals surface area contributed by atoms with Crippen LogP contribution in [0.1, 0.15) is 87.0 Å². The Morgan fingerprint density at radius 3 is 2.34 bits per heavy atom. The number of hydrogen-bond donors (Lipinski definition) is 2. The lowest BCUT2D eigenvalue weighted by Gasteiger charge is -2.39. The summed E-state index contributed by atoms with van der Waals surface area (Å²) in [5, 5.41) is 5.15. The zero-order valence-electron chi connectivity index (χ0n) is 30.9. The highest BCUT2D eigenvalue weighted by atomic mass is 16.5. The van der Waals surface area contributed by atoms with Crippen molar-refractivity contribution in [2.45, 2.75) is 73.3 Å². The molecule has 0 spiro atoms. The molecule has 1 aromatic heterocycles. The number of likely N-dealkylation sites (tertiary alicyclic amines) is 2. The van der Waals surface area contributed by atoms with E-state index in [2.05, 4.69) is 40.8 Å². The maximum absolute atomic E-state index is 13.5.